The normalized spacial score (nSPS) is 16.3. The van der Waals surface area contributed by atoms with Crippen LogP contribution < -0.4 is 16.8 Å². The lowest BCUT2D eigenvalue weighted by atomic mass is 10.0. The van der Waals surface area contributed by atoms with Gasteiger partial charge in [0.2, 0.25) is 0 Å². The van der Waals surface area contributed by atoms with Gasteiger partial charge in [-0.05, 0) is 23.8 Å². The zero-order valence-electron chi connectivity index (χ0n) is 16.9. The van der Waals surface area contributed by atoms with Gasteiger partial charge in [-0.25, -0.2) is 9.61 Å². The lowest BCUT2D eigenvalue weighted by Gasteiger charge is -2.35. The van der Waals surface area contributed by atoms with Crippen LogP contribution in [-0.4, -0.2) is 73.7 Å². The molecule has 0 aliphatic carbocycles. The first-order chi connectivity index (χ1) is 14.6. The molecule has 31 heavy (non-hydrogen) atoms. The Hall–Kier alpha value is -3.09. The number of amides is 1. The van der Waals surface area contributed by atoms with Crippen molar-refractivity contribution in [2.45, 2.75) is 25.9 Å². The average Bonchev–Trinajstić information content (AvgIpc) is 3.35. The van der Waals surface area contributed by atoms with Crippen molar-refractivity contribution in [1.82, 2.24) is 35.1 Å². The fourth-order valence-electron chi connectivity index (χ4n) is 3.78. The van der Waals surface area contributed by atoms with Crippen LogP contribution in [0, 0.1) is 0 Å². The first-order valence-electron chi connectivity index (χ1n) is 9.73. The molecule has 0 spiro atoms. The van der Waals surface area contributed by atoms with Gasteiger partial charge in [-0.3, -0.25) is 14.6 Å². The minimum atomic E-state index is -0.571. The Bertz CT molecular complexity index is 1100. The number of rotatable bonds is 6. The lowest BCUT2D eigenvalue weighted by molar-refractivity contribution is -0.123. The Morgan fingerprint density at radius 1 is 1.32 bits per heavy atom. The molecule has 1 aliphatic heterocycles. The molecule has 1 fully saturated rings. The molecule has 0 radical (unpaired) electrons. The number of carbonyl (C=O) groups is 2. The number of Topliss-reactive ketones (excluding diaryl/α,β-unsaturated/α-hetero) is 1. The number of aromatic nitrogens is 5. The molecule has 1 atom stereocenters. The SMILES string of the molecule is CCn1c(-c2nonc2N)nc2cncc(C(=O)N3CCNCC3C(=O)CCN)c21.Cl. The molecule has 0 bridgehead atoms. The summed E-state index contributed by atoms with van der Waals surface area (Å²) in [5.41, 5.74) is 13.2. The second-order valence-electron chi connectivity index (χ2n) is 6.96. The maximum absolute atomic E-state index is 13.5. The van der Waals surface area contributed by atoms with Crippen molar-refractivity contribution in [3.05, 3.63) is 18.0 Å². The number of carbonyl (C=O) groups excluding carboxylic acids is 2. The third kappa shape index (κ3) is 3.96. The first kappa shape index (κ1) is 22.6. The number of nitrogens with two attached hydrogens (primary N) is 2. The largest absolute Gasteiger partial charge is 0.379 e. The number of anilines is 1. The van der Waals surface area contributed by atoms with E-state index in [4.69, 9.17) is 16.1 Å². The molecule has 5 N–H and O–H groups in total. The Morgan fingerprint density at radius 2 is 2.13 bits per heavy atom. The minimum Gasteiger partial charge on any atom is -0.379 e. The number of halogens is 1. The molecule has 3 aromatic heterocycles. The van der Waals surface area contributed by atoms with Gasteiger partial charge in [-0.2, -0.15) is 0 Å². The van der Waals surface area contributed by atoms with Crippen LogP contribution in [0.4, 0.5) is 5.82 Å². The number of hydrogen-bond acceptors (Lipinski definition) is 10. The number of aryl methyl sites for hydroxylation is 1. The smallest absolute Gasteiger partial charge is 0.258 e. The molecule has 0 aromatic carbocycles. The second-order valence-corrected chi connectivity index (χ2v) is 6.96. The molecule has 166 valence electrons. The van der Waals surface area contributed by atoms with E-state index in [2.05, 4.69) is 25.6 Å². The molecule has 3 aromatic rings. The van der Waals surface area contributed by atoms with Crippen molar-refractivity contribution in [2.75, 3.05) is 31.9 Å². The molecular formula is C18H24ClN9O3. The highest BCUT2D eigenvalue weighted by atomic mass is 35.5. The molecule has 4 heterocycles. The van der Waals surface area contributed by atoms with Crippen LogP contribution in [0.15, 0.2) is 17.0 Å². The first-order valence-corrected chi connectivity index (χ1v) is 9.73. The molecule has 1 amide bonds. The predicted octanol–water partition coefficient (Wildman–Crippen LogP) is -0.163. The summed E-state index contributed by atoms with van der Waals surface area (Å²) < 4.78 is 6.53. The molecule has 13 heteroatoms. The molecule has 0 saturated carbocycles. The van der Waals surface area contributed by atoms with E-state index in [-0.39, 0.29) is 42.9 Å². The summed E-state index contributed by atoms with van der Waals surface area (Å²) in [6, 6.07) is -0.571. The minimum absolute atomic E-state index is 0. The monoisotopic (exact) mass is 449 g/mol. The maximum atomic E-state index is 13.5. The number of hydrogen-bond donors (Lipinski definition) is 3. The van der Waals surface area contributed by atoms with E-state index in [1.54, 1.807) is 11.1 Å². The Labute approximate surface area is 183 Å². The van der Waals surface area contributed by atoms with Crippen LogP contribution in [0.1, 0.15) is 23.7 Å². The van der Waals surface area contributed by atoms with Crippen LogP contribution in [-0.2, 0) is 11.3 Å². The van der Waals surface area contributed by atoms with Crippen molar-refractivity contribution < 1.29 is 14.2 Å². The van der Waals surface area contributed by atoms with Gasteiger partial charge in [0.05, 0.1) is 17.3 Å². The van der Waals surface area contributed by atoms with Crippen molar-refractivity contribution >= 4 is 40.9 Å². The zero-order valence-corrected chi connectivity index (χ0v) is 17.8. The summed E-state index contributed by atoms with van der Waals surface area (Å²) in [5.74, 6) is 0.196. The van der Waals surface area contributed by atoms with E-state index in [0.29, 0.717) is 54.3 Å². The molecule has 12 nitrogen and oxygen atoms in total. The fraction of sp³-hybridized carbons (Fsp3) is 0.444. The number of nitrogen functional groups attached to an aromatic ring is 1. The van der Waals surface area contributed by atoms with Crippen molar-refractivity contribution in [3.63, 3.8) is 0 Å². The highest BCUT2D eigenvalue weighted by molar-refractivity contribution is 6.07. The summed E-state index contributed by atoms with van der Waals surface area (Å²) in [6.07, 6.45) is 3.29. The number of fused-ring (bicyclic) bond motifs is 1. The van der Waals surface area contributed by atoms with Crippen molar-refractivity contribution in [2.24, 2.45) is 5.73 Å². The molecule has 1 unspecified atom stereocenters. The highest BCUT2D eigenvalue weighted by Crippen LogP contribution is 2.29. The van der Waals surface area contributed by atoms with Crippen LogP contribution >= 0.6 is 12.4 Å². The Balaban J connectivity index is 0.00000272. The third-order valence-electron chi connectivity index (χ3n) is 5.19. The Kier molecular flexibility index (Phi) is 6.83. The fourth-order valence-corrected chi connectivity index (χ4v) is 3.78. The van der Waals surface area contributed by atoms with Gasteiger partial charge in [0.25, 0.3) is 5.91 Å². The second kappa shape index (κ2) is 9.37. The van der Waals surface area contributed by atoms with Crippen LogP contribution in [0.5, 0.6) is 0 Å². The summed E-state index contributed by atoms with van der Waals surface area (Å²) in [7, 11) is 0. The number of piperazine rings is 1. The van der Waals surface area contributed by atoms with E-state index in [0.717, 1.165) is 0 Å². The average molecular weight is 450 g/mol. The quantitative estimate of drug-likeness (QED) is 0.459. The summed E-state index contributed by atoms with van der Waals surface area (Å²) in [6.45, 7) is 4.06. The van der Waals surface area contributed by atoms with Crippen molar-refractivity contribution in [3.8, 4) is 11.5 Å². The number of nitrogens with zero attached hydrogens (tertiary/aromatic N) is 6. The Morgan fingerprint density at radius 3 is 2.81 bits per heavy atom. The highest BCUT2D eigenvalue weighted by Gasteiger charge is 2.34. The topological polar surface area (TPSA) is 171 Å². The van der Waals surface area contributed by atoms with Crippen LogP contribution in [0.3, 0.4) is 0 Å². The van der Waals surface area contributed by atoms with E-state index < -0.39 is 6.04 Å². The van der Waals surface area contributed by atoms with Gasteiger partial charge in [-0.1, -0.05) is 0 Å². The van der Waals surface area contributed by atoms with Gasteiger partial charge < -0.3 is 26.3 Å². The number of ketones is 1. The molecular weight excluding hydrogens is 426 g/mol. The van der Waals surface area contributed by atoms with E-state index in [1.807, 2.05) is 11.5 Å². The van der Waals surface area contributed by atoms with Gasteiger partial charge in [-0.15, -0.1) is 12.4 Å². The standard InChI is InChI=1S/C18H23N9O3.ClH/c1-2-26-15-10(18(29)27-6-5-21-9-12(27)13(28)3-4-19)7-22-8-11(15)23-17(26)14-16(20)25-30-24-14;/h7-8,12,21H,2-6,9,19H2,1H3,(H2,20,25);1H. The maximum Gasteiger partial charge on any atom is 0.258 e. The lowest BCUT2D eigenvalue weighted by Crippen LogP contribution is -2.57. The molecule has 4 rings (SSSR count). The zero-order chi connectivity index (χ0) is 21.3. The van der Waals surface area contributed by atoms with E-state index >= 15 is 0 Å². The third-order valence-corrected chi connectivity index (χ3v) is 5.19. The summed E-state index contributed by atoms with van der Waals surface area (Å²) >= 11 is 0. The van der Waals surface area contributed by atoms with Crippen LogP contribution in [0.25, 0.3) is 22.6 Å². The van der Waals surface area contributed by atoms with Gasteiger partial charge in [0, 0.05) is 38.8 Å². The van der Waals surface area contributed by atoms with E-state index in [9.17, 15) is 9.59 Å². The summed E-state index contributed by atoms with van der Waals surface area (Å²) in [4.78, 5) is 36.4. The van der Waals surface area contributed by atoms with Gasteiger partial charge >= 0.3 is 0 Å². The van der Waals surface area contributed by atoms with Crippen molar-refractivity contribution in [1.29, 1.82) is 0 Å². The van der Waals surface area contributed by atoms with Gasteiger partial charge in [0.1, 0.15) is 11.6 Å². The molecule has 1 aliphatic rings. The predicted molar refractivity (Wildman–Crippen MR) is 115 cm³/mol. The van der Waals surface area contributed by atoms with Crippen LogP contribution in [0.2, 0.25) is 0 Å². The number of nitrogens with one attached hydrogen (secondary N) is 1. The number of imidazole rings is 1. The number of pyridine rings is 1. The summed E-state index contributed by atoms with van der Waals surface area (Å²) in [5, 5.41) is 10.6. The van der Waals surface area contributed by atoms with E-state index in [1.165, 1.54) is 6.20 Å². The van der Waals surface area contributed by atoms with Gasteiger partial charge in [0.15, 0.2) is 23.1 Å². The molecule has 1 saturated heterocycles.